The third-order valence-electron chi connectivity index (χ3n) is 4.05. The minimum absolute atomic E-state index is 0.119. The molecule has 2 aromatic carbocycles. The van der Waals surface area contributed by atoms with E-state index in [4.69, 9.17) is 5.73 Å². The van der Waals surface area contributed by atoms with Gasteiger partial charge in [0, 0.05) is 24.7 Å². The normalized spacial score (nSPS) is 15.8. The molecule has 0 saturated heterocycles. The largest absolute Gasteiger partial charge is 0.320 e. The average molecular weight is 284 g/mol. The molecule has 0 fully saturated rings. The van der Waals surface area contributed by atoms with Gasteiger partial charge in [0.2, 0.25) is 5.91 Å². The predicted molar refractivity (Wildman–Crippen MR) is 80.6 cm³/mol. The Balaban J connectivity index is 1.98. The number of aryl methyl sites for hydroxylation is 1. The number of carbonyl (C=O) groups is 1. The number of nitrogens with zero attached hydrogens (tertiary/aromatic N) is 1. The molecule has 21 heavy (non-hydrogen) atoms. The van der Waals surface area contributed by atoms with Gasteiger partial charge in [-0.2, -0.15) is 0 Å². The summed E-state index contributed by atoms with van der Waals surface area (Å²) >= 11 is 0. The van der Waals surface area contributed by atoms with Crippen molar-refractivity contribution in [2.75, 3.05) is 11.9 Å². The van der Waals surface area contributed by atoms with Crippen LogP contribution >= 0.6 is 0 Å². The SMILES string of the molecule is CN1C(=O)CCc2cc(C(N)c3ccccc3F)ccc21. The number of hydrogen-bond acceptors (Lipinski definition) is 2. The summed E-state index contributed by atoms with van der Waals surface area (Å²) in [6.45, 7) is 0. The maximum atomic E-state index is 13.8. The van der Waals surface area contributed by atoms with Gasteiger partial charge in [-0.1, -0.05) is 30.3 Å². The number of fused-ring (bicyclic) bond motifs is 1. The molecule has 0 aliphatic carbocycles. The van der Waals surface area contributed by atoms with Gasteiger partial charge in [-0.25, -0.2) is 4.39 Å². The number of nitrogens with two attached hydrogens (primary N) is 1. The lowest BCUT2D eigenvalue weighted by atomic mass is 9.93. The van der Waals surface area contributed by atoms with Crippen LogP contribution in [-0.4, -0.2) is 13.0 Å². The van der Waals surface area contributed by atoms with Gasteiger partial charge < -0.3 is 10.6 Å². The minimum atomic E-state index is -0.501. The van der Waals surface area contributed by atoms with Crippen molar-refractivity contribution < 1.29 is 9.18 Å². The topological polar surface area (TPSA) is 46.3 Å². The minimum Gasteiger partial charge on any atom is -0.320 e. The van der Waals surface area contributed by atoms with Crippen molar-refractivity contribution in [3.63, 3.8) is 0 Å². The fourth-order valence-corrected chi connectivity index (χ4v) is 2.78. The first kappa shape index (κ1) is 13.8. The van der Waals surface area contributed by atoms with Crippen LogP contribution in [0.15, 0.2) is 42.5 Å². The molecule has 0 saturated carbocycles. The van der Waals surface area contributed by atoms with Gasteiger partial charge in [0.1, 0.15) is 5.82 Å². The summed E-state index contributed by atoms with van der Waals surface area (Å²) in [7, 11) is 1.77. The van der Waals surface area contributed by atoms with Crippen molar-refractivity contribution in [1.82, 2.24) is 0 Å². The van der Waals surface area contributed by atoms with Gasteiger partial charge in [0.25, 0.3) is 0 Å². The Morgan fingerprint density at radius 1 is 1.19 bits per heavy atom. The first-order valence-electron chi connectivity index (χ1n) is 6.97. The van der Waals surface area contributed by atoms with Crippen LogP contribution < -0.4 is 10.6 Å². The Morgan fingerprint density at radius 2 is 1.95 bits per heavy atom. The smallest absolute Gasteiger partial charge is 0.227 e. The van der Waals surface area contributed by atoms with Crippen LogP contribution in [0.1, 0.15) is 29.2 Å². The van der Waals surface area contributed by atoms with E-state index in [0.29, 0.717) is 18.4 Å². The maximum absolute atomic E-state index is 13.8. The summed E-state index contributed by atoms with van der Waals surface area (Å²) in [6.07, 6.45) is 1.21. The average Bonchev–Trinajstić information content (AvgIpc) is 2.50. The maximum Gasteiger partial charge on any atom is 0.227 e. The van der Waals surface area contributed by atoms with E-state index in [1.165, 1.54) is 6.07 Å². The molecule has 2 aromatic rings. The molecule has 4 heteroatoms. The number of benzene rings is 2. The third-order valence-corrected chi connectivity index (χ3v) is 4.05. The Hall–Kier alpha value is -2.20. The van der Waals surface area contributed by atoms with Crippen LogP contribution in [-0.2, 0) is 11.2 Å². The number of rotatable bonds is 2. The standard InChI is InChI=1S/C17H17FN2O/c1-20-15-8-6-12(10-11(15)7-9-16(20)21)17(19)13-4-2-3-5-14(13)18/h2-6,8,10,17H,7,9,19H2,1H3. The van der Waals surface area contributed by atoms with Crippen LogP contribution in [0, 0.1) is 5.82 Å². The lowest BCUT2D eigenvalue weighted by Crippen LogP contribution is -2.31. The molecule has 0 radical (unpaired) electrons. The summed E-state index contributed by atoms with van der Waals surface area (Å²) in [5.41, 5.74) is 9.54. The van der Waals surface area contributed by atoms with E-state index in [-0.39, 0.29) is 11.7 Å². The van der Waals surface area contributed by atoms with Crippen molar-refractivity contribution in [2.45, 2.75) is 18.9 Å². The monoisotopic (exact) mass is 284 g/mol. The fraction of sp³-hybridized carbons (Fsp3) is 0.235. The zero-order chi connectivity index (χ0) is 15.0. The second-order valence-corrected chi connectivity index (χ2v) is 5.34. The Bertz CT molecular complexity index is 699. The third kappa shape index (κ3) is 2.43. The zero-order valence-electron chi connectivity index (χ0n) is 11.8. The van der Waals surface area contributed by atoms with Crippen LogP contribution in [0.2, 0.25) is 0 Å². The van der Waals surface area contributed by atoms with Crippen LogP contribution in [0.4, 0.5) is 10.1 Å². The summed E-state index contributed by atoms with van der Waals surface area (Å²) in [6, 6.07) is 11.8. The molecule has 1 atom stereocenters. The summed E-state index contributed by atoms with van der Waals surface area (Å²) in [5, 5.41) is 0. The van der Waals surface area contributed by atoms with E-state index in [9.17, 15) is 9.18 Å². The summed E-state index contributed by atoms with van der Waals surface area (Å²) in [4.78, 5) is 13.4. The highest BCUT2D eigenvalue weighted by atomic mass is 19.1. The molecule has 1 unspecified atom stereocenters. The van der Waals surface area contributed by atoms with Crippen LogP contribution in [0.25, 0.3) is 0 Å². The fourth-order valence-electron chi connectivity index (χ4n) is 2.78. The van der Waals surface area contributed by atoms with Crippen molar-refractivity contribution in [3.8, 4) is 0 Å². The molecule has 2 N–H and O–H groups in total. The molecule has 1 heterocycles. The van der Waals surface area contributed by atoms with E-state index in [1.54, 1.807) is 30.1 Å². The van der Waals surface area contributed by atoms with Gasteiger partial charge in [-0.05, 0) is 29.7 Å². The molecule has 0 spiro atoms. The lowest BCUT2D eigenvalue weighted by Gasteiger charge is -2.27. The molecule has 108 valence electrons. The van der Waals surface area contributed by atoms with Gasteiger partial charge >= 0.3 is 0 Å². The molecular weight excluding hydrogens is 267 g/mol. The van der Waals surface area contributed by atoms with Crippen molar-refractivity contribution in [1.29, 1.82) is 0 Å². The molecule has 1 aliphatic heterocycles. The Morgan fingerprint density at radius 3 is 2.71 bits per heavy atom. The second kappa shape index (κ2) is 5.30. The molecule has 0 aromatic heterocycles. The first-order valence-corrected chi connectivity index (χ1v) is 6.97. The molecular formula is C17H17FN2O. The molecule has 3 rings (SSSR count). The summed E-state index contributed by atoms with van der Waals surface area (Å²) < 4.78 is 13.8. The molecule has 3 nitrogen and oxygen atoms in total. The molecule has 1 aliphatic rings. The highest BCUT2D eigenvalue weighted by Crippen LogP contribution is 2.31. The van der Waals surface area contributed by atoms with Crippen LogP contribution in [0.5, 0.6) is 0 Å². The van der Waals surface area contributed by atoms with E-state index < -0.39 is 6.04 Å². The van der Waals surface area contributed by atoms with Crippen molar-refractivity contribution in [2.24, 2.45) is 5.73 Å². The van der Waals surface area contributed by atoms with Gasteiger partial charge in [-0.3, -0.25) is 4.79 Å². The second-order valence-electron chi connectivity index (χ2n) is 5.34. The Labute approximate surface area is 123 Å². The lowest BCUT2D eigenvalue weighted by molar-refractivity contribution is -0.118. The van der Waals surface area contributed by atoms with E-state index in [1.807, 2.05) is 18.2 Å². The van der Waals surface area contributed by atoms with E-state index in [2.05, 4.69) is 0 Å². The number of anilines is 1. The molecule has 0 bridgehead atoms. The van der Waals surface area contributed by atoms with Crippen LogP contribution in [0.3, 0.4) is 0 Å². The number of hydrogen-bond donors (Lipinski definition) is 1. The molecule has 1 amide bonds. The predicted octanol–water partition coefficient (Wildman–Crippen LogP) is 2.78. The van der Waals surface area contributed by atoms with Gasteiger partial charge in [0.05, 0.1) is 6.04 Å². The zero-order valence-corrected chi connectivity index (χ0v) is 11.8. The number of carbonyl (C=O) groups excluding carboxylic acids is 1. The quantitative estimate of drug-likeness (QED) is 0.921. The first-order chi connectivity index (χ1) is 10.1. The van der Waals surface area contributed by atoms with E-state index >= 15 is 0 Å². The highest BCUT2D eigenvalue weighted by molar-refractivity contribution is 5.95. The summed E-state index contributed by atoms with van der Waals surface area (Å²) in [5.74, 6) is -0.177. The Kier molecular flexibility index (Phi) is 3.47. The number of halogens is 1. The van der Waals surface area contributed by atoms with E-state index in [0.717, 1.165) is 16.8 Å². The van der Waals surface area contributed by atoms with Crippen molar-refractivity contribution in [3.05, 3.63) is 65.0 Å². The van der Waals surface area contributed by atoms with Crippen molar-refractivity contribution >= 4 is 11.6 Å². The van der Waals surface area contributed by atoms with Gasteiger partial charge in [-0.15, -0.1) is 0 Å². The van der Waals surface area contributed by atoms with Gasteiger partial charge in [0.15, 0.2) is 0 Å². The number of amides is 1. The highest BCUT2D eigenvalue weighted by Gasteiger charge is 2.22.